The summed E-state index contributed by atoms with van der Waals surface area (Å²) < 4.78 is 10.7. The Labute approximate surface area is 111 Å². The molecule has 1 unspecified atom stereocenters. The zero-order valence-electron chi connectivity index (χ0n) is 11.7. The summed E-state index contributed by atoms with van der Waals surface area (Å²) in [6.07, 6.45) is 8.35. The normalized spacial score (nSPS) is 18.3. The van der Waals surface area contributed by atoms with Crippen molar-refractivity contribution < 1.29 is 14.6 Å². The van der Waals surface area contributed by atoms with Crippen LogP contribution >= 0.6 is 0 Å². The zero-order valence-corrected chi connectivity index (χ0v) is 11.7. The van der Waals surface area contributed by atoms with Crippen LogP contribution in [0.4, 0.5) is 0 Å². The molecule has 0 aromatic heterocycles. The van der Waals surface area contributed by atoms with Crippen molar-refractivity contribution in [3.8, 4) is 0 Å². The first-order chi connectivity index (χ1) is 8.83. The molecule has 0 amide bonds. The van der Waals surface area contributed by atoms with Crippen molar-refractivity contribution in [1.82, 2.24) is 5.32 Å². The number of methoxy groups -OCH3 is 1. The van der Waals surface area contributed by atoms with Crippen LogP contribution in [0.25, 0.3) is 0 Å². The van der Waals surface area contributed by atoms with Crippen molar-refractivity contribution in [2.75, 3.05) is 33.4 Å². The molecule has 1 aliphatic carbocycles. The summed E-state index contributed by atoms with van der Waals surface area (Å²) in [5.41, 5.74) is 0. The van der Waals surface area contributed by atoms with Gasteiger partial charge in [-0.15, -0.1) is 0 Å². The van der Waals surface area contributed by atoms with Crippen molar-refractivity contribution in [1.29, 1.82) is 0 Å². The van der Waals surface area contributed by atoms with Crippen LogP contribution in [0.3, 0.4) is 0 Å². The topological polar surface area (TPSA) is 50.7 Å². The standard InChI is InChI=1S/C14H29NO3/c1-17-10-6-2-5-9-15-11-13(16)12-18-14-7-3-4-8-14/h13-16H,2-12H2,1H3. The van der Waals surface area contributed by atoms with Gasteiger partial charge in [0.25, 0.3) is 0 Å². The van der Waals surface area contributed by atoms with Gasteiger partial charge < -0.3 is 19.9 Å². The monoisotopic (exact) mass is 259 g/mol. The summed E-state index contributed by atoms with van der Waals surface area (Å²) in [5.74, 6) is 0. The number of ether oxygens (including phenoxy) is 2. The van der Waals surface area contributed by atoms with E-state index in [1.54, 1.807) is 7.11 Å². The minimum absolute atomic E-state index is 0.371. The minimum atomic E-state index is -0.371. The number of aliphatic hydroxyl groups is 1. The van der Waals surface area contributed by atoms with E-state index in [0.29, 0.717) is 19.3 Å². The zero-order chi connectivity index (χ0) is 13.1. The summed E-state index contributed by atoms with van der Waals surface area (Å²) >= 11 is 0. The Kier molecular flexibility index (Phi) is 9.48. The molecule has 0 saturated heterocycles. The van der Waals surface area contributed by atoms with E-state index in [4.69, 9.17) is 9.47 Å². The lowest BCUT2D eigenvalue weighted by molar-refractivity contribution is -0.00536. The maximum absolute atomic E-state index is 9.74. The molecule has 4 nitrogen and oxygen atoms in total. The maximum atomic E-state index is 9.74. The summed E-state index contributed by atoms with van der Waals surface area (Å²) in [4.78, 5) is 0. The van der Waals surface area contributed by atoms with Gasteiger partial charge in [-0.05, 0) is 38.6 Å². The first-order valence-electron chi connectivity index (χ1n) is 7.32. The molecule has 1 aliphatic rings. The van der Waals surface area contributed by atoms with Crippen LogP contribution in [0.1, 0.15) is 44.9 Å². The lowest BCUT2D eigenvalue weighted by Gasteiger charge is -2.16. The van der Waals surface area contributed by atoms with Gasteiger partial charge in [0.1, 0.15) is 0 Å². The predicted molar refractivity (Wildman–Crippen MR) is 72.8 cm³/mol. The fourth-order valence-corrected chi connectivity index (χ4v) is 2.30. The molecule has 2 N–H and O–H groups in total. The smallest absolute Gasteiger partial charge is 0.0897 e. The summed E-state index contributed by atoms with van der Waals surface area (Å²) in [5, 5.41) is 13.0. The number of hydrogen-bond acceptors (Lipinski definition) is 4. The van der Waals surface area contributed by atoms with Crippen molar-refractivity contribution >= 4 is 0 Å². The third-order valence-corrected chi connectivity index (χ3v) is 3.41. The first kappa shape index (κ1) is 15.9. The first-order valence-corrected chi connectivity index (χ1v) is 7.32. The molecule has 0 aliphatic heterocycles. The summed E-state index contributed by atoms with van der Waals surface area (Å²) in [6, 6.07) is 0. The Bertz CT molecular complexity index is 184. The van der Waals surface area contributed by atoms with E-state index >= 15 is 0 Å². The minimum Gasteiger partial charge on any atom is -0.389 e. The van der Waals surface area contributed by atoms with Crippen molar-refractivity contribution in [2.24, 2.45) is 0 Å². The molecule has 0 radical (unpaired) electrons. The van der Waals surface area contributed by atoms with Gasteiger partial charge in [-0.1, -0.05) is 12.8 Å². The van der Waals surface area contributed by atoms with Gasteiger partial charge in [0.15, 0.2) is 0 Å². The van der Waals surface area contributed by atoms with Gasteiger partial charge >= 0.3 is 0 Å². The fraction of sp³-hybridized carbons (Fsp3) is 1.00. The molecule has 1 atom stereocenters. The molecule has 18 heavy (non-hydrogen) atoms. The van der Waals surface area contributed by atoms with Crippen LogP contribution < -0.4 is 5.32 Å². The van der Waals surface area contributed by atoms with Gasteiger partial charge in [0, 0.05) is 20.3 Å². The van der Waals surface area contributed by atoms with E-state index in [1.165, 1.54) is 32.1 Å². The van der Waals surface area contributed by atoms with Crippen LogP contribution in [-0.2, 0) is 9.47 Å². The molecular formula is C14H29NO3. The summed E-state index contributed by atoms with van der Waals surface area (Å²) in [7, 11) is 1.74. The van der Waals surface area contributed by atoms with E-state index in [2.05, 4.69) is 5.32 Å². The van der Waals surface area contributed by atoms with Gasteiger partial charge in [-0.3, -0.25) is 0 Å². The van der Waals surface area contributed by atoms with Crippen molar-refractivity contribution in [3.63, 3.8) is 0 Å². The van der Waals surface area contributed by atoms with E-state index < -0.39 is 0 Å². The molecular weight excluding hydrogens is 230 g/mol. The Hall–Kier alpha value is -0.160. The van der Waals surface area contributed by atoms with Crippen molar-refractivity contribution in [2.45, 2.75) is 57.2 Å². The molecule has 4 heteroatoms. The highest BCUT2D eigenvalue weighted by Crippen LogP contribution is 2.20. The average molecular weight is 259 g/mol. The second-order valence-corrected chi connectivity index (χ2v) is 5.15. The molecule has 0 aromatic rings. The number of unbranched alkanes of at least 4 members (excludes halogenated alkanes) is 2. The highest BCUT2D eigenvalue weighted by molar-refractivity contribution is 4.68. The van der Waals surface area contributed by atoms with E-state index in [9.17, 15) is 5.11 Å². The SMILES string of the molecule is COCCCCCNCC(O)COC1CCCC1. The number of aliphatic hydroxyl groups excluding tert-OH is 1. The van der Waals surface area contributed by atoms with Gasteiger partial charge in [-0.25, -0.2) is 0 Å². The summed E-state index contributed by atoms with van der Waals surface area (Å²) in [6.45, 7) is 2.92. The Morgan fingerprint density at radius 1 is 1.22 bits per heavy atom. The molecule has 0 aromatic carbocycles. The number of rotatable bonds is 11. The second kappa shape index (κ2) is 10.7. The predicted octanol–water partition coefficient (Wildman–Crippen LogP) is 1.71. The molecule has 1 fully saturated rings. The van der Waals surface area contributed by atoms with Gasteiger partial charge in [-0.2, -0.15) is 0 Å². The third kappa shape index (κ3) is 8.03. The quantitative estimate of drug-likeness (QED) is 0.555. The molecule has 1 saturated carbocycles. The average Bonchev–Trinajstić information content (AvgIpc) is 2.88. The highest BCUT2D eigenvalue weighted by atomic mass is 16.5. The molecule has 1 rings (SSSR count). The molecule has 0 spiro atoms. The number of nitrogens with one attached hydrogen (secondary N) is 1. The van der Waals surface area contributed by atoms with Crippen molar-refractivity contribution in [3.05, 3.63) is 0 Å². The number of hydrogen-bond donors (Lipinski definition) is 2. The Morgan fingerprint density at radius 3 is 2.72 bits per heavy atom. The Balaban J connectivity index is 1.82. The maximum Gasteiger partial charge on any atom is 0.0897 e. The van der Waals surface area contributed by atoms with E-state index in [0.717, 1.165) is 26.0 Å². The largest absolute Gasteiger partial charge is 0.389 e. The molecule has 0 heterocycles. The third-order valence-electron chi connectivity index (χ3n) is 3.41. The Morgan fingerprint density at radius 2 is 2.00 bits per heavy atom. The lowest BCUT2D eigenvalue weighted by Crippen LogP contribution is -2.32. The second-order valence-electron chi connectivity index (χ2n) is 5.15. The van der Waals surface area contributed by atoms with E-state index in [1.807, 2.05) is 0 Å². The highest BCUT2D eigenvalue weighted by Gasteiger charge is 2.16. The fourth-order valence-electron chi connectivity index (χ4n) is 2.30. The van der Waals surface area contributed by atoms with Crippen LogP contribution in [0.5, 0.6) is 0 Å². The van der Waals surface area contributed by atoms with Gasteiger partial charge in [0.2, 0.25) is 0 Å². The van der Waals surface area contributed by atoms with E-state index in [-0.39, 0.29) is 6.10 Å². The molecule has 0 bridgehead atoms. The van der Waals surface area contributed by atoms with Gasteiger partial charge in [0.05, 0.1) is 18.8 Å². The van der Waals surface area contributed by atoms with Crippen LogP contribution in [0.2, 0.25) is 0 Å². The van der Waals surface area contributed by atoms with Crippen LogP contribution in [-0.4, -0.2) is 50.7 Å². The van der Waals surface area contributed by atoms with Crippen LogP contribution in [0.15, 0.2) is 0 Å². The lowest BCUT2D eigenvalue weighted by atomic mass is 10.2. The van der Waals surface area contributed by atoms with Crippen LogP contribution in [0, 0.1) is 0 Å². The molecule has 108 valence electrons.